The number of rotatable bonds is 5. The minimum atomic E-state index is -0.364. The quantitative estimate of drug-likeness (QED) is 0.856. The molecular weight excluding hydrogens is 250 g/mol. The van der Waals surface area contributed by atoms with Crippen LogP contribution in [0.1, 0.15) is 31.7 Å². The lowest BCUT2D eigenvalue weighted by atomic mass is 10.0. The van der Waals surface area contributed by atoms with Crippen LogP contribution in [0.5, 0.6) is 0 Å². The molecule has 0 aliphatic carbocycles. The molecular formula is C16H25N3O. The molecule has 0 spiro atoms. The summed E-state index contributed by atoms with van der Waals surface area (Å²) in [5.74, 6) is -0.00555. The second-order valence-electron chi connectivity index (χ2n) is 5.56. The zero-order valence-corrected chi connectivity index (χ0v) is 12.2. The first-order valence-corrected chi connectivity index (χ1v) is 7.51. The van der Waals surface area contributed by atoms with E-state index in [1.54, 1.807) is 0 Å². The summed E-state index contributed by atoms with van der Waals surface area (Å²) in [5.41, 5.74) is 7.09. The number of nitrogens with zero attached hydrogens (tertiary/aromatic N) is 1. The number of likely N-dealkylation sites (tertiary alicyclic amines) is 1. The largest absolute Gasteiger partial charge is 0.352 e. The Hall–Kier alpha value is -1.39. The van der Waals surface area contributed by atoms with Crippen molar-refractivity contribution in [1.29, 1.82) is 0 Å². The number of nitrogens with two attached hydrogens (primary N) is 1. The Labute approximate surface area is 121 Å². The summed E-state index contributed by atoms with van der Waals surface area (Å²) in [6.07, 6.45) is 2.71. The number of benzene rings is 1. The first kappa shape index (κ1) is 15.0. The van der Waals surface area contributed by atoms with Gasteiger partial charge in [0.2, 0.25) is 5.91 Å². The van der Waals surface area contributed by atoms with Gasteiger partial charge in [-0.25, -0.2) is 0 Å². The van der Waals surface area contributed by atoms with Crippen LogP contribution >= 0.6 is 0 Å². The molecule has 4 heteroatoms. The SMILES string of the molecule is CCC(N)C(=O)NC1CCN(Cc2ccccc2)CC1. The van der Waals surface area contributed by atoms with Crippen LogP contribution in [0, 0.1) is 0 Å². The van der Waals surface area contributed by atoms with E-state index in [1.165, 1.54) is 5.56 Å². The molecule has 0 aromatic heterocycles. The predicted molar refractivity (Wildman–Crippen MR) is 81.2 cm³/mol. The highest BCUT2D eigenvalue weighted by molar-refractivity contribution is 5.81. The number of carbonyl (C=O) groups excluding carboxylic acids is 1. The van der Waals surface area contributed by atoms with E-state index in [0.717, 1.165) is 32.5 Å². The van der Waals surface area contributed by atoms with Crippen molar-refractivity contribution in [3.8, 4) is 0 Å². The third kappa shape index (κ3) is 4.32. The van der Waals surface area contributed by atoms with Gasteiger partial charge in [0.1, 0.15) is 0 Å². The molecule has 20 heavy (non-hydrogen) atoms. The molecule has 1 atom stereocenters. The number of carbonyl (C=O) groups is 1. The van der Waals surface area contributed by atoms with Crippen molar-refractivity contribution in [3.05, 3.63) is 35.9 Å². The van der Waals surface area contributed by atoms with Crippen molar-refractivity contribution in [1.82, 2.24) is 10.2 Å². The molecule has 1 aliphatic heterocycles. The van der Waals surface area contributed by atoms with Crippen LogP contribution in [0.3, 0.4) is 0 Å². The average Bonchev–Trinajstić information content (AvgIpc) is 2.49. The highest BCUT2D eigenvalue weighted by Gasteiger charge is 2.22. The van der Waals surface area contributed by atoms with E-state index in [-0.39, 0.29) is 18.0 Å². The number of piperidine rings is 1. The summed E-state index contributed by atoms with van der Waals surface area (Å²) in [7, 11) is 0. The fourth-order valence-corrected chi connectivity index (χ4v) is 2.57. The van der Waals surface area contributed by atoms with Crippen LogP contribution in [0.15, 0.2) is 30.3 Å². The Kier molecular flexibility index (Phi) is 5.56. The summed E-state index contributed by atoms with van der Waals surface area (Å²) < 4.78 is 0. The standard InChI is InChI=1S/C16H25N3O/c1-2-15(17)16(20)18-14-8-10-19(11-9-14)12-13-6-4-3-5-7-13/h3-7,14-15H,2,8-12,17H2,1H3,(H,18,20). The average molecular weight is 275 g/mol. The van der Waals surface area contributed by atoms with Crippen molar-refractivity contribution >= 4 is 5.91 Å². The van der Waals surface area contributed by atoms with Crippen molar-refractivity contribution in [2.75, 3.05) is 13.1 Å². The first-order chi connectivity index (χ1) is 9.69. The van der Waals surface area contributed by atoms with Crippen molar-refractivity contribution < 1.29 is 4.79 Å². The molecule has 0 saturated carbocycles. The number of hydrogen-bond acceptors (Lipinski definition) is 3. The molecule has 2 rings (SSSR count). The van der Waals surface area contributed by atoms with Crippen LogP contribution < -0.4 is 11.1 Å². The highest BCUT2D eigenvalue weighted by atomic mass is 16.2. The van der Waals surface area contributed by atoms with Crippen LogP contribution in [0.25, 0.3) is 0 Å². The van der Waals surface area contributed by atoms with Crippen molar-refractivity contribution in [2.24, 2.45) is 5.73 Å². The van der Waals surface area contributed by atoms with Gasteiger partial charge in [0.15, 0.2) is 0 Å². The smallest absolute Gasteiger partial charge is 0.237 e. The summed E-state index contributed by atoms with van der Waals surface area (Å²) in [4.78, 5) is 14.2. The Balaban J connectivity index is 1.74. The van der Waals surface area contributed by atoms with Crippen LogP contribution in [0.4, 0.5) is 0 Å². The molecule has 110 valence electrons. The van der Waals surface area contributed by atoms with Gasteiger partial charge in [-0.2, -0.15) is 0 Å². The fraction of sp³-hybridized carbons (Fsp3) is 0.562. The van der Waals surface area contributed by atoms with Gasteiger partial charge in [0, 0.05) is 25.7 Å². The van der Waals surface area contributed by atoms with Gasteiger partial charge in [-0.05, 0) is 24.8 Å². The third-order valence-corrected chi connectivity index (χ3v) is 3.96. The molecule has 1 aliphatic rings. The van der Waals surface area contributed by atoms with E-state index >= 15 is 0 Å². The molecule has 1 saturated heterocycles. The van der Waals surface area contributed by atoms with Gasteiger partial charge >= 0.3 is 0 Å². The number of hydrogen-bond donors (Lipinski definition) is 2. The zero-order chi connectivity index (χ0) is 14.4. The predicted octanol–water partition coefficient (Wildman–Crippen LogP) is 1.50. The summed E-state index contributed by atoms with van der Waals surface area (Å²) >= 11 is 0. The zero-order valence-electron chi connectivity index (χ0n) is 12.2. The topological polar surface area (TPSA) is 58.4 Å². The lowest BCUT2D eigenvalue weighted by molar-refractivity contribution is -0.123. The van der Waals surface area contributed by atoms with Crippen LogP contribution in [-0.2, 0) is 11.3 Å². The lowest BCUT2D eigenvalue weighted by Gasteiger charge is -2.32. The van der Waals surface area contributed by atoms with E-state index in [0.29, 0.717) is 6.42 Å². The normalized spacial score (nSPS) is 18.7. The second kappa shape index (κ2) is 7.41. The maximum absolute atomic E-state index is 11.8. The van der Waals surface area contributed by atoms with Crippen molar-refractivity contribution in [3.63, 3.8) is 0 Å². The molecule has 0 radical (unpaired) electrons. The molecule has 1 aromatic rings. The molecule has 3 N–H and O–H groups in total. The monoisotopic (exact) mass is 275 g/mol. The minimum Gasteiger partial charge on any atom is -0.352 e. The van der Waals surface area contributed by atoms with Gasteiger partial charge < -0.3 is 11.1 Å². The van der Waals surface area contributed by atoms with Crippen LogP contribution in [0.2, 0.25) is 0 Å². The maximum atomic E-state index is 11.8. The molecule has 1 fully saturated rings. The van der Waals surface area contributed by atoms with Crippen molar-refractivity contribution in [2.45, 2.75) is 44.8 Å². The van der Waals surface area contributed by atoms with E-state index in [4.69, 9.17) is 5.73 Å². The number of amides is 1. The van der Waals surface area contributed by atoms with Gasteiger partial charge in [-0.15, -0.1) is 0 Å². The van der Waals surface area contributed by atoms with E-state index in [9.17, 15) is 4.79 Å². The molecule has 1 aromatic carbocycles. The van der Waals surface area contributed by atoms with E-state index < -0.39 is 0 Å². The fourth-order valence-electron chi connectivity index (χ4n) is 2.57. The summed E-state index contributed by atoms with van der Waals surface area (Å²) in [6, 6.07) is 10.4. The Morgan fingerprint density at radius 1 is 1.35 bits per heavy atom. The Morgan fingerprint density at radius 3 is 2.60 bits per heavy atom. The molecule has 0 bridgehead atoms. The molecule has 4 nitrogen and oxygen atoms in total. The molecule has 1 heterocycles. The first-order valence-electron chi connectivity index (χ1n) is 7.51. The Bertz CT molecular complexity index is 413. The van der Waals surface area contributed by atoms with Gasteiger partial charge in [-0.1, -0.05) is 37.3 Å². The second-order valence-corrected chi connectivity index (χ2v) is 5.56. The Morgan fingerprint density at radius 2 is 2.00 bits per heavy atom. The molecule has 1 amide bonds. The van der Waals surface area contributed by atoms with Crippen LogP contribution in [-0.4, -0.2) is 36.0 Å². The lowest BCUT2D eigenvalue weighted by Crippen LogP contribution is -2.49. The summed E-state index contributed by atoms with van der Waals surface area (Å²) in [6.45, 7) is 4.99. The molecule has 1 unspecified atom stereocenters. The van der Waals surface area contributed by atoms with E-state index in [1.807, 2.05) is 13.0 Å². The number of nitrogens with one attached hydrogen (secondary N) is 1. The van der Waals surface area contributed by atoms with E-state index in [2.05, 4.69) is 34.5 Å². The van der Waals surface area contributed by atoms with Gasteiger partial charge in [-0.3, -0.25) is 9.69 Å². The maximum Gasteiger partial charge on any atom is 0.237 e. The highest BCUT2D eigenvalue weighted by Crippen LogP contribution is 2.14. The van der Waals surface area contributed by atoms with Gasteiger partial charge in [0.05, 0.1) is 6.04 Å². The minimum absolute atomic E-state index is 0.00555. The van der Waals surface area contributed by atoms with Gasteiger partial charge in [0.25, 0.3) is 0 Å². The third-order valence-electron chi connectivity index (χ3n) is 3.96. The summed E-state index contributed by atoms with van der Waals surface area (Å²) in [5, 5.41) is 3.06.